The molecule has 0 aliphatic heterocycles. The van der Waals surface area contributed by atoms with Crippen LogP contribution in [0.2, 0.25) is 0 Å². The zero-order valence-electron chi connectivity index (χ0n) is 11.5. The lowest BCUT2D eigenvalue weighted by molar-refractivity contribution is 0.0727. The van der Waals surface area contributed by atoms with Gasteiger partial charge in [-0.1, -0.05) is 24.2 Å². The third-order valence-electron chi connectivity index (χ3n) is 3.10. The molecule has 0 aliphatic rings. The lowest BCUT2D eigenvalue weighted by Gasteiger charge is -2.21. The third kappa shape index (κ3) is 2.67. The molecule has 0 radical (unpaired) electrons. The van der Waals surface area contributed by atoms with Crippen LogP contribution in [-0.4, -0.2) is 28.2 Å². The Labute approximate surface area is 111 Å². The molecule has 102 valence electrons. The van der Waals surface area contributed by atoms with Gasteiger partial charge in [0.1, 0.15) is 17.7 Å². The van der Waals surface area contributed by atoms with E-state index in [9.17, 15) is 4.79 Å². The standard InChI is InChI=1S/C13H17N3O3/c1-8(2)12-7-11(15-19-12)13(17)16(4)9(3)10-5-6-18-14-10/h5-9H,1-4H3/t9-/m0/s1. The van der Waals surface area contributed by atoms with E-state index in [2.05, 4.69) is 10.3 Å². The van der Waals surface area contributed by atoms with Gasteiger partial charge in [0.2, 0.25) is 0 Å². The van der Waals surface area contributed by atoms with Gasteiger partial charge in [0.15, 0.2) is 5.69 Å². The summed E-state index contributed by atoms with van der Waals surface area (Å²) in [7, 11) is 1.70. The Morgan fingerprint density at radius 1 is 1.32 bits per heavy atom. The molecule has 0 saturated heterocycles. The molecule has 0 bridgehead atoms. The van der Waals surface area contributed by atoms with E-state index in [4.69, 9.17) is 9.05 Å². The number of nitrogens with zero attached hydrogens (tertiary/aromatic N) is 3. The maximum atomic E-state index is 12.3. The van der Waals surface area contributed by atoms with Crippen molar-refractivity contribution in [2.24, 2.45) is 0 Å². The lowest BCUT2D eigenvalue weighted by atomic mass is 10.1. The summed E-state index contributed by atoms with van der Waals surface area (Å²) < 4.78 is 9.92. The second-order valence-electron chi connectivity index (χ2n) is 4.79. The van der Waals surface area contributed by atoms with Crippen LogP contribution in [0.4, 0.5) is 0 Å². The molecule has 0 saturated carbocycles. The predicted molar refractivity (Wildman–Crippen MR) is 67.6 cm³/mol. The van der Waals surface area contributed by atoms with Crippen molar-refractivity contribution in [1.29, 1.82) is 0 Å². The van der Waals surface area contributed by atoms with Crippen LogP contribution >= 0.6 is 0 Å². The molecule has 1 atom stereocenters. The minimum absolute atomic E-state index is 0.189. The highest BCUT2D eigenvalue weighted by atomic mass is 16.5. The molecule has 2 aromatic heterocycles. The first-order chi connectivity index (χ1) is 9.00. The van der Waals surface area contributed by atoms with E-state index in [1.54, 1.807) is 24.1 Å². The maximum Gasteiger partial charge on any atom is 0.276 e. The van der Waals surface area contributed by atoms with Crippen LogP contribution in [0.25, 0.3) is 0 Å². The number of carbonyl (C=O) groups excluding carboxylic acids is 1. The summed E-state index contributed by atoms with van der Waals surface area (Å²) in [5.41, 5.74) is 1.00. The fraction of sp³-hybridized carbons (Fsp3) is 0.462. The molecule has 0 aromatic carbocycles. The van der Waals surface area contributed by atoms with Crippen LogP contribution in [-0.2, 0) is 0 Å². The Bertz CT molecular complexity index is 545. The first kappa shape index (κ1) is 13.3. The monoisotopic (exact) mass is 263 g/mol. The Hall–Kier alpha value is -2.11. The van der Waals surface area contributed by atoms with Crippen LogP contribution in [0.3, 0.4) is 0 Å². The molecule has 0 N–H and O–H groups in total. The van der Waals surface area contributed by atoms with E-state index in [1.807, 2.05) is 20.8 Å². The van der Waals surface area contributed by atoms with Gasteiger partial charge >= 0.3 is 0 Å². The highest BCUT2D eigenvalue weighted by Gasteiger charge is 2.24. The van der Waals surface area contributed by atoms with Gasteiger partial charge < -0.3 is 13.9 Å². The topological polar surface area (TPSA) is 72.4 Å². The summed E-state index contributed by atoms with van der Waals surface area (Å²) in [6.45, 7) is 5.84. The molecule has 2 aromatic rings. The van der Waals surface area contributed by atoms with Crippen LogP contribution < -0.4 is 0 Å². The Morgan fingerprint density at radius 2 is 2.05 bits per heavy atom. The van der Waals surface area contributed by atoms with Crippen molar-refractivity contribution in [2.45, 2.75) is 32.7 Å². The first-order valence-electron chi connectivity index (χ1n) is 6.14. The Morgan fingerprint density at radius 3 is 2.58 bits per heavy atom. The lowest BCUT2D eigenvalue weighted by Crippen LogP contribution is -2.30. The van der Waals surface area contributed by atoms with Gasteiger partial charge in [0.25, 0.3) is 5.91 Å². The van der Waals surface area contributed by atoms with Gasteiger partial charge in [0, 0.05) is 25.1 Å². The molecule has 6 nitrogen and oxygen atoms in total. The largest absolute Gasteiger partial charge is 0.364 e. The zero-order chi connectivity index (χ0) is 14.0. The summed E-state index contributed by atoms with van der Waals surface area (Å²) in [6.07, 6.45) is 1.48. The average molecular weight is 263 g/mol. The van der Waals surface area contributed by atoms with Gasteiger partial charge in [-0.15, -0.1) is 0 Å². The molecule has 0 aliphatic carbocycles. The van der Waals surface area contributed by atoms with E-state index in [0.717, 1.165) is 0 Å². The van der Waals surface area contributed by atoms with Crippen molar-refractivity contribution in [3.63, 3.8) is 0 Å². The molecular weight excluding hydrogens is 246 g/mol. The van der Waals surface area contributed by atoms with E-state index < -0.39 is 0 Å². The van der Waals surface area contributed by atoms with E-state index >= 15 is 0 Å². The number of rotatable bonds is 4. The van der Waals surface area contributed by atoms with Crippen molar-refractivity contribution in [3.05, 3.63) is 35.5 Å². The van der Waals surface area contributed by atoms with Gasteiger partial charge in [-0.3, -0.25) is 4.79 Å². The Balaban J connectivity index is 2.14. The second-order valence-corrected chi connectivity index (χ2v) is 4.79. The van der Waals surface area contributed by atoms with Gasteiger partial charge in [-0.25, -0.2) is 0 Å². The van der Waals surface area contributed by atoms with E-state index in [1.165, 1.54) is 6.26 Å². The highest BCUT2D eigenvalue weighted by Crippen LogP contribution is 2.20. The second kappa shape index (κ2) is 5.26. The van der Waals surface area contributed by atoms with Crippen molar-refractivity contribution in [1.82, 2.24) is 15.2 Å². The predicted octanol–water partition coefficient (Wildman–Crippen LogP) is 2.62. The summed E-state index contributed by atoms with van der Waals surface area (Å²) in [6, 6.07) is 3.22. The smallest absolute Gasteiger partial charge is 0.276 e. The number of hydrogen-bond donors (Lipinski definition) is 0. The number of aromatic nitrogens is 2. The molecule has 0 fully saturated rings. The third-order valence-corrected chi connectivity index (χ3v) is 3.10. The molecule has 2 rings (SSSR count). The minimum Gasteiger partial charge on any atom is -0.364 e. The van der Waals surface area contributed by atoms with Crippen molar-refractivity contribution >= 4 is 5.91 Å². The molecule has 19 heavy (non-hydrogen) atoms. The van der Waals surface area contributed by atoms with Crippen LogP contribution in [0.5, 0.6) is 0 Å². The van der Waals surface area contributed by atoms with Crippen LogP contribution in [0, 0.1) is 0 Å². The number of amides is 1. The van der Waals surface area contributed by atoms with Gasteiger partial charge in [0.05, 0.1) is 6.04 Å². The fourth-order valence-corrected chi connectivity index (χ4v) is 1.65. The van der Waals surface area contributed by atoms with Crippen LogP contribution in [0.15, 0.2) is 27.4 Å². The number of hydrogen-bond acceptors (Lipinski definition) is 5. The maximum absolute atomic E-state index is 12.3. The zero-order valence-corrected chi connectivity index (χ0v) is 11.5. The molecule has 6 heteroatoms. The van der Waals surface area contributed by atoms with Crippen molar-refractivity contribution in [2.75, 3.05) is 7.05 Å². The highest BCUT2D eigenvalue weighted by molar-refractivity contribution is 5.92. The summed E-state index contributed by atoms with van der Waals surface area (Å²) in [5, 5.41) is 7.65. The van der Waals surface area contributed by atoms with Crippen LogP contribution in [0.1, 0.15) is 54.7 Å². The molecule has 0 unspecified atom stereocenters. The number of carbonyl (C=O) groups is 1. The van der Waals surface area contributed by atoms with Gasteiger partial charge in [-0.2, -0.15) is 0 Å². The van der Waals surface area contributed by atoms with Crippen molar-refractivity contribution < 1.29 is 13.8 Å². The molecule has 1 amide bonds. The SMILES string of the molecule is CC(C)c1cc(C(=O)N(C)[C@@H](C)c2ccon2)no1. The average Bonchev–Trinajstić information content (AvgIpc) is 3.06. The van der Waals surface area contributed by atoms with Crippen molar-refractivity contribution in [3.8, 4) is 0 Å². The fourth-order valence-electron chi connectivity index (χ4n) is 1.65. The van der Waals surface area contributed by atoms with Gasteiger partial charge in [-0.05, 0) is 6.92 Å². The summed E-state index contributed by atoms with van der Waals surface area (Å²) in [4.78, 5) is 13.8. The molecule has 0 spiro atoms. The summed E-state index contributed by atoms with van der Waals surface area (Å²) >= 11 is 0. The summed E-state index contributed by atoms with van der Waals surface area (Å²) in [5.74, 6) is 0.698. The quantitative estimate of drug-likeness (QED) is 0.847. The van der Waals surface area contributed by atoms with E-state index in [-0.39, 0.29) is 17.9 Å². The molecular formula is C13H17N3O3. The first-order valence-corrected chi connectivity index (χ1v) is 6.14. The Kier molecular flexibility index (Phi) is 3.69. The normalized spacial score (nSPS) is 12.7. The molecule has 2 heterocycles. The minimum atomic E-state index is -0.203. The van der Waals surface area contributed by atoms with E-state index in [0.29, 0.717) is 17.1 Å².